The van der Waals surface area contributed by atoms with E-state index in [0.717, 1.165) is 12.8 Å². The maximum atomic E-state index is 11.3. The predicted octanol–water partition coefficient (Wildman–Crippen LogP) is 0.547. The Kier molecular flexibility index (Phi) is 2.78. The second-order valence-electron chi connectivity index (χ2n) is 3.69. The fourth-order valence-electron chi connectivity index (χ4n) is 1.65. The highest BCUT2D eigenvalue weighted by Crippen LogP contribution is 2.34. The van der Waals surface area contributed by atoms with Crippen molar-refractivity contribution in [2.45, 2.75) is 37.5 Å². The molecular weight excluding hydrogens is 174 g/mol. The van der Waals surface area contributed by atoms with Gasteiger partial charge in [0.15, 0.2) is 9.84 Å². The van der Waals surface area contributed by atoms with E-state index in [1.54, 1.807) is 0 Å². The summed E-state index contributed by atoms with van der Waals surface area (Å²) in [6, 6.07) is -0.134. The lowest BCUT2D eigenvalue weighted by Gasteiger charge is -2.20. The van der Waals surface area contributed by atoms with Crippen molar-refractivity contribution >= 4 is 9.84 Å². The van der Waals surface area contributed by atoms with Crippen molar-refractivity contribution in [1.82, 2.24) is 0 Å². The van der Waals surface area contributed by atoms with Gasteiger partial charge < -0.3 is 5.73 Å². The zero-order chi connectivity index (χ0) is 9.35. The summed E-state index contributed by atoms with van der Waals surface area (Å²) in [7, 11) is -2.94. The van der Waals surface area contributed by atoms with Crippen LogP contribution in [0.5, 0.6) is 0 Å². The van der Waals surface area contributed by atoms with Crippen molar-refractivity contribution in [2.24, 2.45) is 11.7 Å². The first-order valence-electron chi connectivity index (χ1n) is 4.41. The van der Waals surface area contributed by atoms with Gasteiger partial charge in [-0.05, 0) is 25.2 Å². The number of nitrogens with two attached hydrogens (primary N) is 1. The lowest BCUT2D eigenvalue weighted by Crippen LogP contribution is -2.41. The Labute approximate surface area is 74.3 Å². The highest BCUT2D eigenvalue weighted by atomic mass is 32.2. The average molecular weight is 191 g/mol. The fraction of sp³-hybridized carbons (Fsp3) is 1.00. The molecule has 0 radical (unpaired) electrons. The molecule has 1 saturated carbocycles. The van der Waals surface area contributed by atoms with Crippen molar-refractivity contribution in [3.05, 3.63) is 0 Å². The molecule has 0 aliphatic heterocycles. The summed E-state index contributed by atoms with van der Waals surface area (Å²) >= 11 is 0. The van der Waals surface area contributed by atoms with Gasteiger partial charge in [-0.1, -0.05) is 6.92 Å². The Hall–Kier alpha value is -0.0900. The van der Waals surface area contributed by atoms with Gasteiger partial charge in [0.25, 0.3) is 0 Å². The minimum absolute atomic E-state index is 0.134. The summed E-state index contributed by atoms with van der Waals surface area (Å²) in [4.78, 5) is 0. The molecule has 0 heterocycles. The third-order valence-electron chi connectivity index (χ3n) is 2.55. The second kappa shape index (κ2) is 3.34. The third-order valence-corrected chi connectivity index (χ3v) is 4.30. The van der Waals surface area contributed by atoms with Crippen molar-refractivity contribution in [2.75, 3.05) is 6.26 Å². The smallest absolute Gasteiger partial charge is 0.151 e. The molecule has 0 aromatic rings. The molecule has 2 atom stereocenters. The molecule has 0 aromatic heterocycles. The first-order chi connectivity index (χ1) is 5.46. The minimum Gasteiger partial charge on any atom is -0.326 e. The molecule has 0 aromatic carbocycles. The van der Waals surface area contributed by atoms with E-state index in [2.05, 4.69) is 0 Å². The SMILES string of the molecule is CC[C@H]([C@H](N)C1CC1)S(C)(=O)=O. The molecule has 0 bridgehead atoms. The van der Waals surface area contributed by atoms with Crippen LogP contribution in [0.25, 0.3) is 0 Å². The number of sulfone groups is 1. The van der Waals surface area contributed by atoms with Crippen LogP contribution in [0.3, 0.4) is 0 Å². The molecule has 1 fully saturated rings. The zero-order valence-corrected chi connectivity index (χ0v) is 8.47. The normalized spacial score (nSPS) is 23.6. The Morgan fingerprint density at radius 3 is 2.25 bits per heavy atom. The molecule has 0 amide bonds. The van der Waals surface area contributed by atoms with Gasteiger partial charge in [-0.15, -0.1) is 0 Å². The summed E-state index contributed by atoms with van der Waals surface area (Å²) in [5.74, 6) is 0.463. The number of rotatable bonds is 4. The van der Waals surface area contributed by atoms with Crippen LogP contribution >= 0.6 is 0 Å². The van der Waals surface area contributed by atoms with Gasteiger partial charge in [0.1, 0.15) is 0 Å². The van der Waals surface area contributed by atoms with Crippen molar-refractivity contribution in [3.63, 3.8) is 0 Å². The van der Waals surface area contributed by atoms with Gasteiger partial charge >= 0.3 is 0 Å². The molecule has 4 heteroatoms. The first kappa shape index (κ1) is 9.99. The van der Waals surface area contributed by atoms with Gasteiger partial charge in [-0.25, -0.2) is 8.42 Å². The lowest BCUT2D eigenvalue weighted by molar-refractivity contribution is 0.512. The van der Waals surface area contributed by atoms with E-state index in [-0.39, 0.29) is 11.3 Å². The number of hydrogen-bond donors (Lipinski definition) is 1. The summed E-state index contributed by atoms with van der Waals surface area (Å²) in [5, 5.41) is -0.329. The molecule has 3 nitrogen and oxygen atoms in total. The highest BCUT2D eigenvalue weighted by molar-refractivity contribution is 7.91. The van der Waals surface area contributed by atoms with Crippen LogP contribution in [-0.4, -0.2) is 26.0 Å². The van der Waals surface area contributed by atoms with Crippen LogP contribution in [0, 0.1) is 5.92 Å². The Morgan fingerprint density at radius 1 is 1.50 bits per heavy atom. The quantitative estimate of drug-likeness (QED) is 0.706. The highest BCUT2D eigenvalue weighted by Gasteiger charge is 2.37. The topological polar surface area (TPSA) is 60.2 Å². The molecule has 12 heavy (non-hydrogen) atoms. The largest absolute Gasteiger partial charge is 0.326 e. The molecule has 2 N–H and O–H groups in total. The summed E-state index contributed by atoms with van der Waals surface area (Å²) in [5.41, 5.74) is 5.84. The number of hydrogen-bond acceptors (Lipinski definition) is 3. The molecule has 1 rings (SSSR count). The van der Waals surface area contributed by atoms with E-state index in [4.69, 9.17) is 5.73 Å². The van der Waals surface area contributed by atoms with Gasteiger partial charge in [0.05, 0.1) is 5.25 Å². The van der Waals surface area contributed by atoms with Gasteiger partial charge in [-0.2, -0.15) is 0 Å². The molecule has 72 valence electrons. The van der Waals surface area contributed by atoms with Crippen LogP contribution in [-0.2, 0) is 9.84 Å². The monoisotopic (exact) mass is 191 g/mol. The van der Waals surface area contributed by atoms with E-state index in [1.807, 2.05) is 6.92 Å². The van der Waals surface area contributed by atoms with Crippen LogP contribution in [0.2, 0.25) is 0 Å². The Bertz CT molecular complexity index is 244. The summed E-state index contributed by atoms with van der Waals surface area (Å²) in [6.45, 7) is 1.88. The molecule has 0 spiro atoms. The maximum absolute atomic E-state index is 11.3. The average Bonchev–Trinajstić information content (AvgIpc) is 2.65. The zero-order valence-electron chi connectivity index (χ0n) is 7.66. The third kappa shape index (κ3) is 2.20. The van der Waals surface area contributed by atoms with E-state index < -0.39 is 9.84 Å². The molecule has 0 unspecified atom stereocenters. The lowest BCUT2D eigenvalue weighted by atomic mass is 10.1. The van der Waals surface area contributed by atoms with E-state index in [0.29, 0.717) is 12.3 Å². The van der Waals surface area contributed by atoms with Crippen LogP contribution in [0.15, 0.2) is 0 Å². The molecule has 1 aliphatic carbocycles. The van der Waals surface area contributed by atoms with Gasteiger partial charge in [0, 0.05) is 12.3 Å². The summed E-state index contributed by atoms with van der Waals surface area (Å²) in [6.07, 6.45) is 4.13. The van der Waals surface area contributed by atoms with E-state index in [1.165, 1.54) is 6.26 Å². The molecule has 1 aliphatic rings. The minimum atomic E-state index is -2.94. The van der Waals surface area contributed by atoms with Crippen LogP contribution in [0.4, 0.5) is 0 Å². The maximum Gasteiger partial charge on any atom is 0.151 e. The Morgan fingerprint density at radius 2 is 2.00 bits per heavy atom. The summed E-state index contributed by atoms with van der Waals surface area (Å²) < 4.78 is 22.5. The van der Waals surface area contributed by atoms with Gasteiger partial charge in [-0.3, -0.25) is 0 Å². The van der Waals surface area contributed by atoms with Crippen LogP contribution in [0.1, 0.15) is 26.2 Å². The first-order valence-corrected chi connectivity index (χ1v) is 6.36. The van der Waals surface area contributed by atoms with Crippen LogP contribution < -0.4 is 5.73 Å². The van der Waals surface area contributed by atoms with Crippen molar-refractivity contribution < 1.29 is 8.42 Å². The second-order valence-corrected chi connectivity index (χ2v) is 5.96. The molecular formula is C8H17NO2S. The van der Waals surface area contributed by atoms with Crippen molar-refractivity contribution in [1.29, 1.82) is 0 Å². The predicted molar refractivity (Wildman–Crippen MR) is 49.6 cm³/mol. The standard InChI is InChI=1S/C8H17NO2S/c1-3-7(12(2,10)11)8(9)6-4-5-6/h6-8H,3-5,9H2,1-2H3/t7-,8-/m1/s1. The van der Waals surface area contributed by atoms with E-state index in [9.17, 15) is 8.42 Å². The van der Waals surface area contributed by atoms with E-state index >= 15 is 0 Å². The fourth-order valence-corrected chi connectivity index (χ4v) is 3.04. The van der Waals surface area contributed by atoms with Crippen molar-refractivity contribution in [3.8, 4) is 0 Å². The molecule has 0 saturated heterocycles. The van der Waals surface area contributed by atoms with Gasteiger partial charge in [0.2, 0.25) is 0 Å². The Balaban J connectivity index is 2.67.